The van der Waals surface area contributed by atoms with Crippen molar-refractivity contribution in [3.63, 3.8) is 0 Å². The molecule has 1 aromatic carbocycles. The van der Waals surface area contributed by atoms with Gasteiger partial charge in [0.25, 0.3) is 0 Å². The van der Waals surface area contributed by atoms with Crippen LogP contribution in [0.1, 0.15) is 76.8 Å². The lowest BCUT2D eigenvalue weighted by Crippen LogP contribution is -2.48. The summed E-state index contributed by atoms with van der Waals surface area (Å²) in [5, 5.41) is 3.65. The van der Waals surface area contributed by atoms with Crippen LogP contribution in [0.25, 0.3) is 0 Å². The van der Waals surface area contributed by atoms with Gasteiger partial charge in [0, 0.05) is 31.9 Å². The molecular weight excluding hydrogens is 446 g/mol. The highest BCUT2D eigenvalue weighted by atomic mass is 16.5. The van der Waals surface area contributed by atoms with E-state index in [4.69, 9.17) is 10.5 Å². The Hall–Kier alpha value is -2.60. The molecule has 0 bridgehead atoms. The zero-order chi connectivity index (χ0) is 26.0. The van der Waals surface area contributed by atoms with Gasteiger partial charge in [0.1, 0.15) is 5.75 Å². The molecule has 3 N–H and O–H groups in total. The topological polar surface area (TPSA) is 75.8 Å². The normalized spacial score (nSPS) is 16.1. The largest absolute Gasteiger partial charge is 0.439 e. The molecule has 1 fully saturated rings. The molecule has 1 saturated carbocycles. The molecule has 1 heterocycles. The molecule has 36 heavy (non-hydrogen) atoms. The third-order valence-electron chi connectivity index (χ3n) is 7.12. The summed E-state index contributed by atoms with van der Waals surface area (Å²) < 4.78 is 6.04. The Balaban J connectivity index is 1.78. The molecule has 0 amide bonds. The Morgan fingerprint density at radius 2 is 1.92 bits per heavy atom. The van der Waals surface area contributed by atoms with Crippen molar-refractivity contribution in [2.24, 2.45) is 22.1 Å². The number of ether oxygens (including phenoxy) is 1. The highest BCUT2D eigenvalue weighted by molar-refractivity contribution is 5.78. The number of rotatable bonds is 11. The number of aromatic nitrogens is 1. The second kappa shape index (κ2) is 13.6. The lowest BCUT2D eigenvalue weighted by atomic mass is 9.81. The number of pyridine rings is 1. The first-order valence-corrected chi connectivity index (χ1v) is 13.6. The van der Waals surface area contributed by atoms with Gasteiger partial charge in [0.15, 0.2) is 5.96 Å². The maximum absolute atomic E-state index is 6.59. The number of hydrogen-bond donors (Lipinski definition) is 2. The van der Waals surface area contributed by atoms with Gasteiger partial charge < -0.3 is 20.7 Å². The molecule has 1 aliphatic rings. The van der Waals surface area contributed by atoms with E-state index < -0.39 is 0 Å². The zero-order valence-electron chi connectivity index (χ0n) is 23.1. The maximum atomic E-state index is 6.59. The average molecular weight is 494 g/mol. The lowest BCUT2D eigenvalue weighted by molar-refractivity contribution is 0.163. The van der Waals surface area contributed by atoms with E-state index in [0.717, 1.165) is 37.2 Å². The van der Waals surface area contributed by atoms with E-state index in [1.807, 2.05) is 36.5 Å². The fourth-order valence-electron chi connectivity index (χ4n) is 5.12. The van der Waals surface area contributed by atoms with E-state index in [0.29, 0.717) is 35.8 Å². The van der Waals surface area contributed by atoms with Crippen molar-refractivity contribution in [2.45, 2.75) is 85.2 Å². The number of guanidine groups is 1. The second-order valence-corrected chi connectivity index (χ2v) is 11.4. The van der Waals surface area contributed by atoms with Crippen molar-refractivity contribution >= 4 is 5.96 Å². The number of hydrogen-bond acceptors (Lipinski definition) is 4. The number of nitrogens with one attached hydrogen (secondary N) is 1. The second-order valence-electron chi connectivity index (χ2n) is 11.4. The first kappa shape index (κ1) is 28.0. The quantitative estimate of drug-likeness (QED) is 0.218. The zero-order valence-corrected chi connectivity index (χ0v) is 23.1. The summed E-state index contributed by atoms with van der Waals surface area (Å²) in [6.07, 6.45) is 10.6. The first-order valence-electron chi connectivity index (χ1n) is 13.6. The molecule has 0 unspecified atom stereocenters. The Morgan fingerprint density at radius 1 is 1.19 bits per heavy atom. The van der Waals surface area contributed by atoms with Crippen LogP contribution in [0.2, 0.25) is 0 Å². The lowest BCUT2D eigenvalue weighted by Gasteiger charge is -2.40. The summed E-state index contributed by atoms with van der Waals surface area (Å²) in [5.74, 6) is 2.65. The average Bonchev–Trinajstić information content (AvgIpc) is 2.87. The Labute approximate surface area is 218 Å². The SMILES string of the molecule is C/N=C(/N)N(Cc1cc(Oc2ccccc2)ncc1C)[C@@H](CCCNCC(C)(C)C)C1CCCCC1. The molecule has 0 radical (unpaired) electrons. The minimum atomic E-state index is 0.298. The molecule has 0 saturated heterocycles. The molecular formula is C30H47N5O. The summed E-state index contributed by atoms with van der Waals surface area (Å²) in [6.45, 7) is 11.7. The van der Waals surface area contributed by atoms with Crippen LogP contribution in [-0.2, 0) is 6.54 Å². The van der Waals surface area contributed by atoms with Crippen molar-refractivity contribution < 1.29 is 4.74 Å². The van der Waals surface area contributed by atoms with Gasteiger partial charge >= 0.3 is 0 Å². The van der Waals surface area contributed by atoms with Gasteiger partial charge in [-0.1, -0.05) is 58.2 Å². The van der Waals surface area contributed by atoms with E-state index in [1.54, 1.807) is 7.05 Å². The monoisotopic (exact) mass is 493 g/mol. The molecule has 2 aromatic rings. The summed E-state index contributed by atoms with van der Waals surface area (Å²) >= 11 is 0. The van der Waals surface area contributed by atoms with Crippen LogP contribution >= 0.6 is 0 Å². The number of nitrogens with two attached hydrogens (primary N) is 1. The maximum Gasteiger partial charge on any atom is 0.219 e. The standard InChI is InChI=1S/C30H47N5O/c1-23-20-34-28(36-26-15-10-7-11-16-26)19-25(23)21-35(29(31)32-5)27(24-13-8-6-9-14-24)17-12-18-33-22-30(2,3)4/h7,10-11,15-16,19-20,24,27,33H,6,8-9,12-14,17-18,21-22H2,1-5H3,(H2,31,32)/t27-/m0/s1. The van der Waals surface area contributed by atoms with E-state index >= 15 is 0 Å². The van der Waals surface area contributed by atoms with E-state index in [1.165, 1.54) is 37.7 Å². The van der Waals surface area contributed by atoms with Crippen molar-refractivity contribution in [1.29, 1.82) is 0 Å². The highest BCUT2D eigenvalue weighted by Gasteiger charge is 2.30. The summed E-state index contributed by atoms with van der Waals surface area (Å²) in [4.78, 5) is 11.3. The Morgan fingerprint density at radius 3 is 2.58 bits per heavy atom. The minimum absolute atomic E-state index is 0.298. The van der Waals surface area contributed by atoms with Gasteiger partial charge in [0.05, 0.1) is 0 Å². The van der Waals surface area contributed by atoms with Gasteiger partial charge in [-0.05, 0) is 80.3 Å². The van der Waals surface area contributed by atoms with Crippen LogP contribution < -0.4 is 15.8 Å². The van der Waals surface area contributed by atoms with E-state index in [-0.39, 0.29) is 0 Å². The number of aliphatic imine (C=N–C) groups is 1. The van der Waals surface area contributed by atoms with Gasteiger partial charge in [-0.2, -0.15) is 0 Å². The van der Waals surface area contributed by atoms with Crippen LogP contribution in [0.3, 0.4) is 0 Å². The van der Waals surface area contributed by atoms with Crippen LogP contribution in [0.4, 0.5) is 0 Å². The summed E-state index contributed by atoms with van der Waals surface area (Å²) in [7, 11) is 1.80. The Kier molecular flexibility index (Phi) is 10.6. The number of para-hydroxylation sites is 1. The Bertz CT molecular complexity index is 948. The van der Waals surface area contributed by atoms with E-state index in [9.17, 15) is 0 Å². The molecule has 1 atom stereocenters. The predicted molar refractivity (Wildman–Crippen MR) is 151 cm³/mol. The van der Waals surface area contributed by atoms with Gasteiger partial charge in [-0.3, -0.25) is 4.99 Å². The van der Waals surface area contributed by atoms with Crippen LogP contribution in [0.15, 0.2) is 47.6 Å². The predicted octanol–water partition coefficient (Wildman–Crippen LogP) is 6.29. The molecule has 0 spiro atoms. The molecule has 3 rings (SSSR count). The fraction of sp³-hybridized carbons (Fsp3) is 0.600. The summed E-state index contributed by atoms with van der Waals surface area (Å²) in [5.41, 5.74) is 9.20. The van der Waals surface area contributed by atoms with Gasteiger partial charge in [-0.15, -0.1) is 0 Å². The molecule has 1 aliphatic carbocycles. The van der Waals surface area contributed by atoms with Crippen LogP contribution in [0, 0.1) is 18.3 Å². The number of aryl methyl sites for hydroxylation is 1. The number of nitrogens with zero attached hydrogens (tertiary/aromatic N) is 3. The minimum Gasteiger partial charge on any atom is -0.439 e. The first-order chi connectivity index (χ1) is 17.3. The smallest absolute Gasteiger partial charge is 0.219 e. The van der Waals surface area contributed by atoms with Crippen LogP contribution in [-0.4, -0.2) is 42.0 Å². The van der Waals surface area contributed by atoms with Crippen molar-refractivity contribution in [1.82, 2.24) is 15.2 Å². The van der Waals surface area contributed by atoms with Crippen molar-refractivity contribution in [3.8, 4) is 11.6 Å². The molecule has 6 heteroatoms. The number of benzene rings is 1. The molecule has 1 aromatic heterocycles. The third kappa shape index (κ3) is 8.81. The van der Waals surface area contributed by atoms with Gasteiger partial charge in [0.2, 0.25) is 5.88 Å². The highest BCUT2D eigenvalue weighted by Crippen LogP contribution is 2.33. The fourth-order valence-corrected chi connectivity index (χ4v) is 5.12. The van der Waals surface area contributed by atoms with Gasteiger partial charge in [-0.25, -0.2) is 4.98 Å². The third-order valence-corrected chi connectivity index (χ3v) is 7.12. The van der Waals surface area contributed by atoms with Crippen molar-refractivity contribution in [2.75, 3.05) is 20.1 Å². The van der Waals surface area contributed by atoms with E-state index in [2.05, 4.69) is 54.0 Å². The molecule has 6 nitrogen and oxygen atoms in total. The van der Waals surface area contributed by atoms with Crippen LogP contribution in [0.5, 0.6) is 11.6 Å². The molecule has 198 valence electrons. The van der Waals surface area contributed by atoms with Crippen molar-refractivity contribution in [3.05, 3.63) is 53.7 Å². The summed E-state index contributed by atoms with van der Waals surface area (Å²) in [6, 6.07) is 12.2. The molecule has 0 aliphatic heterocycles.